The van der Waals surface area contributed by atoms with Crippen molar-refractivity contribution in [2.45, 2.75) is 25.8 Å². The van der Waals surface area contributed by atoms with Crippen LogP contribution in [0.25, 0.3) is 0 Å². The summed E-state index contributed by atoms with van der Waals surface area (Å²) in [6.07, 6.45) is 1.10. The zero-order valence-corrected chi connectivity index (χ0v) is 15.2. The fourth-order valence-electron chi connectivity index (χ4n) is 2.98. The van der Waals surface area contributed by atoms with Crippen molar-refractivity contribution in [2.75, 3.05) is 40.4 Å². The maximum atomic E-state index is 12.4. The van der Waals surface area contributed by atoms with Crippen molar-refractivity contribution in [1.82, 2.24) is 9.80 Å². The minimum absolute atomic E-state index is 0.126. The zero-order chi connectivity index (χ0) is 18.4. The molecule has 1 aromatic carbocycles. The predicted molar refractivity (Wildman–Crippen MR) is 94.7 cm³/mol. The Morgan fingerprint density at radius 2 is 1.76 bits per heavy atom. The van der Waals surface area contributed by atoms with Gasteiger partial charge in [0.1, 0.15) is 0 Å². The number of methoxy groups -OCH3 is 2. The average molecular weight is 349 g/mol. The fourth-order valence-corrected chi connectivity index (χ4v) is 2.98. The van der Waals surface area contributed by atoms with Crippen molar-refractivity contribution in [1.29, 1.82) is 0 Å². The zero-order valence-electron chi connectivity index (χ0n) is 15.2. The number of nitrogens with zero attached hydrogens (tertiary/aromatic N) is 2. The Morgan fingerprint density at radius 1 is 1.12 bits per heavy atom. The van der Waals surface area contributed by atoms with Crippen LogP contribution in [0.3, 0.4) is 0 Å². The Bertz CT molecular complexity index is 612. The lowest BCUT2D eigenvalue weighted by molar-refractivity contribution is -0.133. The number of nitrogens with two attached hydrogens (primary N) is 1. The average Bonchev–Trinajstić information content (AvgIpc) is 2.65. The van der Waals surface area contributed by atoms with E-state index in [4.69, 9.17) is 15.2 Å². The number of amides is 2. The van der Waals surface area contributed by atoms with E-state index in [9.17, 15) is 9.59 Å². The van der Waals surface area contributed by atoms with Gasteiger partial charge in [-0.3, -0.25) is 14.5 Å². The van der Waals surface area contributed by atoms with E-state index in [1.165, 1.54) is 0 Å². The molecule has 0 saturated carbocycles. The van der Waals surface area contributed by atoms with Crippen molar-refractivity contribution < 1.29 is 19.1 Å². The highest BCUT2D eigenvalue weighted by molar-refractivity contribution is 5.79. The molecule has 1 saturated heterocycles. The third-order valence-corrected chi connectivity index (χ3v) is 4.70. The summed E-state index contributed by atoms with van der Waals surface area (Å²) in [6, 6.07) is 5.41. The summed E-state index contributed by atoms with van der Waals surface area (Å²) in [7, 11) is 3.19. The molecule has 0 spiro atoms. The summed E-state index contributed by atoms with van der Waals surface area (Å²) in [6.45, 7) is 4.40. The van der Waals surface area contributed by atoms with Gasteiger partial charge in [-0.15, -0.1) is 0 Å². The molecule has 7 heteroatoms. The molecule has 7 nitrogen and oxygen atoms in total. The Hall–Kier alpha value is -2.28. The second kappa shape index (κ2) is 8.71. The number of rotatable bonds is 7. The molecule has 1 unspecified atom stereocenters. The number of aryl methyl sites for hydroxylation is 1. The third kappa shape index (κ3) is 4.85. The molecular weight excluding hydrogens is 322 g/mol. The smallest absolute Gasteiger partial charge is 0.234 e. The van der Waals surface area contributed by atoms with Crippen LogP contribution in [0.4, 0.5) is 0 Å². The van der Waals surface area contributed by atoms with Gasteiger partial charge in [-0.05, 0) is 31.0 Å². The van der Waals surface area contributed by atoms with E-state index in [0.717, 1.165) is 5.56 Å². The molecule has 1 aliphatic rings. The van der Waals surface area contributed by atoms with Crippen LogP contribution in [0.15, 0.2) is 18.2 Å². The van der Waals surface area contributed by atoms with Crippen molar-refractivity contribution in [2.24, 2.45) is 5.73 Å². The largest absolute Gasteiger partial charge is 0.493 e. The minimum atomic E-state index is -0.326. The summed E-state index contributed by atoms with van der Waals surface area (Å²) in [5, 5.41) is 0. The van der Waals surface area contributed by atoms with Crippen LogP contribution in [0.5, 0.6) is 11.5 Å². The van der Waals surface area contributed by atoms with Crippen LogP contribution in [0.2, 0.25) is 0 Å². The highest BCUT2D eigenvalue weighted by atomic mass is 16.5. The number of hydrogen-bond donors (Lipinski definition) is 1. The number of carbonyl (C=O) groups is 2. The lowest BCUT2D eigenvalue weighted by Gasteiger charge is -2.37. The van der Waals surface area contributed by atoms with Gasteiger partial charge in [0.2, 0.25) is 11.8 Å². The molecule has 2 rings (SSSR count). The highest BCUT2D eigenvalue weighted by Gasteiger charge is 2.26. The second-order valence-electron chi connectivity index (χ2n) is 6.18. The van der Waals surface area contributed by atoms with Gasteiger partial charge >= 0.3 is 0 Å². The molecule has 0 radical (unpaired) electrons. The lowest BCUT2D eigenvalue weighted by atomic mass is 10.1. The molecule has 138 valence electrons. The molecule has 1 aliphatic heterocycles. The van der Waals surface area contributed by atoms with Crippen LogP contribution in [0, 0.1) is 0 Å². The van der Waals surface area contributed by atoms with Crippen LogP contribution >= 0.6 is 0 Å². The molecule has 1 fully saturated rings. The highest BCUT2D eigenvalue weighted by Crippen LogP contribution is 2.28. The van der Waals surface area contributed by atoms with Gasteiger partial charge < -0.3 is 20.1 Å². The van der Waals surface area contributed by atoms with E-state index in [-0.39, 0.29) is 17.9 Å². The van der Waals surface area contributed by atoms with E-state index in [1.54, 1.807) is 21.1 Å². The first-order chi connectivity index (χ1) is 12.0. The molecule has 0 bridgehead atoms. The summed E-state index contributed by atoms with van der Waals surface area (Å²) in [4.78, 5) is 27.5. The van der Waals surface area contributed by atoms with E-state index in [0.29, 0.717) is 50.5 Å². The van der Waals surface area contributed by atoms with Crippen molar-refractivity contribution in [3.63, 3.8) is 0 Å². The second-order valence-corrected chi connectivity index (χ2v) is 6.18. The summed E-state index contributed by atoms with van der Waals surface area (Å²) in [5.74, 6) is 1.15. The van der Waals surface area contributed by atoms with Crippen molar-refractivity contribution in [3.05, 3.63) is 23.8 Å². The first-order valence-corrected chi connectivity index (χ1v) is 8.48. The number of hydrogen-bond acceptors (Lipinski definition) is 5. The fraction of sp³-hybridized carbons (Fsp3) is 0.556. The molecule has 0 aliphatic carbocycles. The lowest BCUT2D eigenvalue weighted by Crippen LogP contribution is -2.54. The molecule has 2 N–H and O–H groups in total. The number of ether oxygens (including phenoxy) is 2. The molecule has 0 aromatic heterocycles. The summed E-state index contributed by atoms with van der Waals surface area (Å²) in [5.41, 5.74) is 6.37. The topological polar surface area (TPSA) is 85.1 Å². The normalized spacial score (nSPS) is 16.4. The molecule has 25 heavy (non-hydrogen) atoms. The quantitative estimate of drug-likeness (QED) is 0.781. The Morgan fingerprint density at radius 3 is 2.32 bits per heavy atom. The molecule has 1 heterocycles. The number of piperazine rings is 1. The first kappa shape index (κ1) is 19.1. The summed E-state index contributed by atoms with van der Waals surface area (Å²) < 4.78 is 10.5. The number of primary amides is 1. The van der Waals surface area contributed by atoms with Crippen LogP contribution < -0.4 is 15.2 Å². The predicted octanol–water partition coefficient (Wildman–Crippen LogP) is 0.654. The Balaban J connectivity index is 1.84. The van der Waals surface area contributed by atoms with Crippen molar-refractivity contribution in [3.8, 4) is 11.5 Å². The van der Waals surface area contributed by atoms with E-state index in [2.05, 4.69) is 0 Å². The van der Waals surface area contributed by atoms with E-state index < -0.39 is 0 Å². The van der Waals surface area contributed by atoms with E-state index >= 15 is 0 Å². The van der Waals surface area contributed by atoms with Gasteiger partial charge in [0.15, 0.2) is 11.5 Å². The first-order valence-electron chi connectivity index (χ1n) is 8.48. The van der Waals surface area contributed by atoms with Gasteiger partial charge in [-0.1, -0.05) is 6.07 Å². The third-order valence-electron chi connectivity index (χ3n) is 4.70. The minimum Gasteiger partial charge on any atom is -0.493 e. The molecule has 2 amide bonds. The maximum absolute atomic E-state index is 12.4. The Kier molecular flexibility index (Phi) is 6.64. The molecule has 1 aromatic rings. The number of benzene rings is 1. The molecule has 1 atom stereocenters. The van der Waals surface area contributed by atoms with Crippen LogP contribution in [0.1, 0.15) is 18.9 Å². The standard InChI is InChI=1S/C18H27N3O4/c1-13(18(19)23)20-8-10-21(11-9-20)17(22)7-5-14-4-6-15(24-2)16(12-14)25-3/h4,6,12-13H,5,7-11H2,1-3H3,(H2,19,23). The van der Waals surface area contributed by atoms with Gasteiger partial charge in [0, 0.05) is 32.6 Å². The van der Waals surface area contributed by atoms with Gasteiger partial charge in [-0.2, -0.15) is 0 Å². The Labute approximate surface area is 148 Å². The van der Waals surface area contributed by atoms with Gasteiger partial charge in [0.05, 0.1) is 20.3 Å². The van der Waals surface area contributed by atoms with Gasteiger partial charge in [0.25, 0.3) is 0 Å². The van der Waals surface area contributed by atoms with Gasteiger partial charge in [-0.25, -0.2) is 0 Å². The summed E-state index contributed by atoms with van der Waals surface area (Å²) >= 11 is 0. The van der Waals surface area contributed by atoms with Crippen molar-refractivity contribution >= 4 is 11.8 Å². The monoisotopic (exact) mass is 349 g/mol. The maximum Gasteiger partial charge on any atom is 0.234 e. The van der Waals surface area contributed by atoms with Crippen LogP contribution in [-0.4, -0.2) is 68.1 Å². The van der Waals surface area contributed by atoms with E-state index in [1.807, 2.05) is 28.0 Å². The number of carbonyl (C=O) groups excluding carboxylic acids is 2. The molecular formula is C18H27N3O4. The SMILES string of the molecule is COc1ccc(CCC(=O)N2CCN(C(C)C(N)=O)CC2)cc1OC. The van der Waals surface area contributed by atoms with Crippen LogP contribution in [-0.2, 0) is 16.0 Å².